The van der Waals surface area contributed by atoms with Crippen molar-refractivity contribution in [2.24, 2.45) is 0 Å². The standard InChI is InChI=1S/C16H15ClFNO3S/c17-15-10-13(18)7-6-12(15)11-23(21,22)9-8-16(20)19-14-4-2-1-3-5-14/h1-7,10H,8-9,11H2,(H,19,20). The lowest BCUT2D eigenvalue weighted by molar-refractivity contribution is -0.115. The second-order valence-corrected chi connectivity index (χ2v) is 7.58. The maximum atomic E-state index is 13.0. The zero-order valence-electron chi connectivity index (χ0n) is 12.1. The molecular weight excluding hydrogens is 341 g/mol. The highest BCUT2D eigenvalue weighted by atomic mass is 35.5. The first kappa shape index (κ1) is 17.4. The van der Waals surface area contributed by atoms with Crippen LogP contribution in [0.1, 0.15) is 12.0 Å². The normalized spacial score (nSPS) is 11.2. The zero-order valence-corrected chi connectivity index (χ0v) is 13.7. The predicted octanol–water partition coefficient (Wildman–Crippen LogP) is 3.42. The van der Waals surface area contributed by atoms with Gasteiger partial charge in [0.2, 0.25) is 5.91 Å². The third-order valence-corrected chi connectivity index (χ3v) is 5.02. The summed E-state index contributed by atoms with van der Waals surface area (Å²) < 4.78 is 37.1. The van der Waals surface area contributed by atoms with Gasteiger partial charge in [0.1, 0.15) is 5.82 Å². The van der Waals surface area contributed by atoms with Crippen molar-refractivity contribution in [2.45, 2.75) is 12.2 Å². The first-order valence-electron chi connectivity index (χ1n) is 6.85. The van der Waals surface area contributed by atoms with E-state index in [2.05, 4.69) is 5.32 Å². The first-order chi connectivity index (χ1) is 10.9. The van der Waals surface area contributed by atoms with Crippen LogP contribution in [0.2, 0.25) is 5.02 Å². The van der Waals surface area contributed by atoms with Gasteiger partial charge in [-0.05, 0) is 29.8 Å². The molecular formula is C16H15ClFNO3S. The maximum absolute atomic E-state index is 13.0. The average Bonchev–Trinajstić information content (AvgIpc) is 2.49. The molecule has 0 aliphatic carbocycles. The molecule has 1 amide bonds. The molecule has 0 atom stereocenters. The number of para-hydroxylation sites is 1. The van der Waals surface area contributed by atoms with Gasteiger partial charge < -0.3 is 5.32 Å². The number of anilines is 1. The van der Waals surface area contributed by atoms with E-state index >= 15 is 0 Å². The number of halogens is 2. The van der Waals surface area contributed by atoms with Crippen LogP contribution in [-0.4, -0.2) is 20.1 Å². The molecule has 7 heteroatoms. The van der Waals surface area contributed by atoms with E-state index in [1.807, 2.05) is 6.07 Å². The van der Waals surface area contributed by atoms with Crippen LogP contribution in [0.5, 0.6) is 0 Å². The van der Waals surface area contributed by atoms with Crippen LogP contribution in [-0.2, 0) is 20.4 Å². The van der Waals surface area contributed by atoms with Gasteiger partial charge >= 0.3 is 0 Å². The molecule has 2 rings (SSSR count). The molecule has 0 saturated carbocycles. The Kier molecular flexibility index (Phi) is 5.74. The largest absolute Gasteiger partial charge is 0.326 e. The third kappa shape index (κ3) is 5.65. The lowest BCUT2D eigenvalue weighted by atomic mass is 10.2. The summed E-state index contributed by atoms with van der Waals surface area (Å²) in [7, 11) is -3.53. The van der Waals surface area contributed by atoms with Gasteiger partial charge in [0.05, 0.1) is 11.5 Å². The Morgan fingerprint density at radius 2 is 1.83 bits per heavy atom. The molecule has 0 aromatic heterocycles. The summed E-state index contributed by atoms with van der Waals surface area (Å²) in [6.45, 7) is 0. The fourth-order valence-electron chi connectivity index (χ4n) is 1.94. The van der Waals surface area contributed by atoms with E-state index in [-0.39, 0.29) is 28.9 Å². The van der Waals surface area contributed by atoms with E-state index in [0.29, 0.717) is 11.3 Å². The van der Waals surface area contributed by atoms with Crippen LogP contribution in [0.3, 0.4) is 0 Å². The van der Waals surface area contributed by atoms with Gasteiger partial charge in [-0.2, -0.15) is 0 Å². The van der Waals surface area contributed by atoms with Gasteiger partial charge in [-0.25, -0.2) is 12.8 Å². The molecule has 4 nitrogen and oxygen atoms in total. The molecule has 0 heterocycles. The van der Waals surface area contributed by atoms with Crippen molar-refractivity contribution in [1.29, 1.82) is 0 Å². The first-order valence-corrected chi connectivity index (χ1v) is 9.05. The average molecular weight is 356 g/mol. The topological polar surface area (TPSA) is 63.2 Å². The smallest absolute Gasteiger partial charge is 0.225 e. The van der Waals surface area contributed by atoms with Crippen LogP contribution < -0.4 is 5.32 Å². The minimum absolute atomic E-state index is 0.0577. The van der Waals surface area contributed by atoms with Crippen LogP contribution in [0, 0.1) is 5.82 Å². The van der Waals surface area contributed by atoms with E-state index in [1.54, 1.807) is 24.3 Å². The highest BCUT2D eigenvalue weighted by Gasteiger charge is 2.16. The highest BCUT2D eigenvalue weighted by Crippen LogP contribution is 2.20. The summed E-state index contributed by atoms with van der Waals surface area (Å²) >= 11 is 5.82. The van der Waals surface area contributed by atoms with Crippen molar-refractivity contribution in [3.63, 3.8) is 0 Å². The molecule has 23 heavy (non-hydrogen) atoms. The number of hydrogen-bond donors (Lipinski definition) is 1. The van der Waals surface area contributed by atoms with Gasteiger partial charge in [-0.3, -0.25) is 4.79 Å². The summed E-state index contributed by atoms with van der Waals surface area (Å²) in [5.74, 6) is -1.55. The lowest BCUT2D eigenvalue weighted by Crippen LogP contribution is -2.18. The van der Waals surface area contributed by atoms with E-state index in [1.165, 1.54) is 6.07 Å². The Bertz CT molecular complexity index is 794. The van der Waals surface area contributed by atoms with Gasteiger partial charge in [0, 0.05) is 17.1 Å². The Hall–Kier alpha value is -1.92. The Labute approximate surface area is 139 Å². The summed E-state index contributed by atoms with van der Waals surface area (Å²) in [5, 5.41) is 2.68. The van der Waals surface area contributed by atoms with Crippen LogP contribution in [0.15, 0.2) is 48.5 Å². The Morgan fingerprint density at radius 3 is 2.48 bits per heavy atom. The maximum Gasteiger partial charge on any atom is 0.225 e. The van der Waals surface area contributed by atoms with Gasteiger partial charge in [0.15, 0.2) is 9.84 Å². The highest BCUT2D eigenvalue weighted by molar-refractivity contribution is 7.90. The Balaban J connectivity index is 1.92. The molecule has 0 radical (unpaired) electrons. The number of sulfone groups is 1. The summed E-state index contributed by atoms with van der Waals surface area (Å²) in [6, 6.07) is 12.3. The number of hydrogen-bond acceptors (Lipinski definition) is 3. The predicted molar refractivity (Wildman–Crippen MR) is 88.6 cm³/mol. The molecule has 0 unspecified atom stereocenters. The molecule has 0 spiro atoms. The zero-order chi connectivity index (χ0) is 16.9. The van der Waals surface area contributed by atoms with E-state index < -0.39 is 15.7 Å². The molecule has 2 aromatic rings. The van der Waals surface area contributed by atoms with Crippen molar-refractivity contribution in [1.82, 2.24) is 0 Å². The van der Waals surface area contributed by atoms with E-state index in [0.717, 1.165) is 12.1 Å². The monoisotopic (exact) mass is 355 g/mol. The minimum atomic E-state index is -3.53. The van der Waals surface area contributed by atoms with Gasteiger partial charge in [0.25, 0.3) is 0 Å². The third-order valence-electron chi connectivity index (χ3n) is 3.09. The fourth-order valence-corrected chi connectivity index (χ4v) is 3.62. The quantitative estimate of drug-likeness (QED) is 0.863. The number of nitrogens with one attached hydrogen (secondary N) is 1. The minimum Gasteiger partial charge on any atom is -0.326 e. The van der Waals surface area contributed by atoms with Crippen molar-refractivity contribution >= 4 is 33.0 Å². The number of rotatable bonds is 6. The van der Waals surface area contributed by atoms with E-state index in [9.17, 15) is 17.6 Å². The molecule has 0 aliphatic rings. The molecule has 122 valence electrons. The Morgan fingerprint density at radius 1 is 1.13 bits per heavy atom. The van der Waals surface area contributed by atoms with Crippen LogP contribution in [0.4, 0.5) is 10.1 Å². The molecule has 0 aliphatic heterocycles. The SMILES string of the molecule is O=C(CCS(=O)(=O)Cc1ccc(F)cc1Cl)Nc1ccccc1. The van der Waals surface area contributed by atoms with E-state index in [4.69, 9.17) is 11.6 Å². The number of carbonyl (C=O) groups is 1. The van der Waals surface area contributed by atoms with Crippen molar-refractivity contribution < 1.29 is 17.6 Å². The molecule has 0 bridgehead atoms. The molecule has 0 saturated heterocycles. The summed E-state index contributed by atoms with van der Waals surface area (Å²) in [5.41, 5.74) is 0.924. The lowest BCUT2D eigenvalue weighted by Gasteiger charge is -2.07. The van der Waals surface area contributed by atoms with Crippen molar-refractivity contribution in [3.05, 3.63) is 64.9 Å². The van der Waals surface area contributed by atoms with Crippen molar-refractivity contribution in [3.8, 4) is 0 Å². The second kappa shape index (κ2) is 7.57. The van der Waals surface area contributed by atoms with Gasteiger partial charge in [-0.1, -0.05) is 35.9 Å². The molecule has 1 N–H and O–H groups in total. The number of benzene rings is 2. The number of carbonyl (C=O) groups excluding carboxylic acids is 1. The molecule has 2 aromatic carbocycles. The fraction of sp³-hybridized carbons (Fsp3) is 0.188. The number of amides is 1. The summed E-state index contributed by atoms with van der Waals surface area (Å²) in [4.78, 5) is 11.8. The van der Waals surface area contributed by atoms with Gasteiger partial charge in [-0.15, -0.1) is 0 Å². The van der Waals surface area contributed by atoms with Crippen molar-refractivity contribution in [2.75, 3.05) is 11.1 Å². The second-order valence-electron chi connectivity index (χ2n) is 4.99. The summed E-state index contributed by atoms with van der Waals surface area (Å²) in [6.07, 6.45) is -0.157. The van der Waals surface area contributed by atoms with Crippen LogP contribution in [0.25, 0.3) is 0 Å². The van der Waals surface area contributed by atoms with Crippen LogP contribution >= 0.6 is 11.6 Å². The molecule has 0 fully saturated rings.